The molecule has 1 aromatic carbocycles. The molecule has 0 aliphatic rings. The lowest BCUT2D eigenvalue weighted by molar-refractivity contribution is -0.152. The zero-order chi connectivity index (χ0) is 29.9. The van der Waals surface area contributed by atoms with Crippen LogP contribution in [0.2, 0.25) is 0 Å². The van der Waals surface area contributed by atoms with Crippen molar-refractivity contribution in [2.45, 2.75) is 111 Å². The van der Waals surface area contributed by atoms with Gasteiger partial charge in [-0.25, -0.2) is 4.79 Å². The van der Waals surface area contributed by atoms with Crippen LogP contribution in [0.25, 0.3) is 0 Å². The maximum atomic E-state index is 12.5. The Kier molecular flexibility index (Phi) is 17.3. The molecule has 0 fully saturated rings. The number of hydrogen-bond acceptors (Lipinski definition) is 10. The van der Waals surface area contributed by atoms with Gasteiger partial charge in [0.1, 0.15) is 18.8 Å². The normalized spacial score (nSPS) is 12.4. The van der Waals surface area contributed by atoms with Crippen molar-refractivity contribution < 1.29 is 42.9 Å². The van der Waals surface area contributed by atoms with Gasteiger partial charge in [0.05, 0.1) is 6.61 Å². The Morgan fingerprint density at radius 3 is 2.00 bits per heavy atom. The maximum Gasteiger partial charge on any atom is 0.508 e. The Hall–Kier alpha value is -3.14. The number of rotatable bonds is 19. The van der Waals surface area contributed by atoms with Gasteiger partial charge in [0, 0.05) is 12.8 Å². The van der Waals surface area contributed by atoms with Gasteiger partial charge in [-0.05, 0) is 56.2 Å². The van der Waals surface area contributed by atoms with E-state index in [4.69, 9.17) is 29.4 Å². The van der Waals surface area contributed by atoms with Gasteiger partial charge in [0.25, 0.3) is 0 Å². The first-order valence-corrected chi connectivity index (χ1v) is 14.4. The molecule has 0 radical (unpaired) electrons. The third kappa shape index (κ3) is 15.5. The molecule has 0 heterocycles. The highest BCUT2D eigenvalue weighted by molar-refractivity contribution is 5.77. The Labute approximate surface area is 238 Å². The number of ether oxygens (including phenoxy) is 5. The van der Waals surface area contributed by atoms with Crippen LogP contribution in [0.4, 0.5) is 4.79 Å². The van der Waals surface area contributed by atoms with E-state index in [0.717, 1.165) is 32.1 Å². The molecular weight excluding hydrogens is 518 g/mol. The zero-order valence-corrected chi connectivity index (χ0v) is 24.7. The van der Waals surface area contributed by atoms with Crippen LogP contribution >= 0.6 is 0 Å². The zero-order valence-electron chi connectivity index (χ0n) is 24.7. The average molecular weight is 566 g/mol. The van der Waals surface area contributed by atoms with Crippen molar-refractivity contribution in [3.63, 3.8) is 0 Å². The largest absolute Gasteiger partial charge is 0.508 e. The lowest BCUT2D eigenvalue weighted by Crippen LogP contribution is -2.37. The van der Waals surface area contributed by atoms with Gasteiger partial charge < -0.3 is 29.4 Å². The fraction of sp³-hybridized carbons (Fsp3) is 0.667. The van der Waals surface area contributed by atoms with E-state index in [1.54, 1.807) is 19.1 Å². The monoisotopic (exact) mass is 565 g/mol. The Bertz CT molecular complexity index is 932. The predicted octanol–water partition coefficient (Wildman–Crippen LogP) is 5.66. The van der Waals surface area contributed by atoms with Crippen LogP contribution in [0, 0.1) is 5.92 Å². The van der Waals surface area contributed by atoms with Crippen molar-refractivity contribution in [2.75, 3.05) is 13.2 Å². The SMILES string of the molecule is CCCCCC(=O)Oc1ccc(C[C@H](N)C(=O)O[C@@H](C)COC(=O)OCCC(C)C)cc1OC(=O)CCCCC. The van der Waals surface area contributed by atoms with E-state index in [0.29, 0.717) is 24.3 Å². The average Bonchev–Trinajstić information content (AvgIpc) is 2.89. The van der Waals surface area contributed by atoms with Crippen LogP contribution in [-0.2, 0) is 35.0 Å². The molecule has 10 nitrogen and oxygen atoms in total. The van der Waals surface area contributed by atoms with Crippen molar-refractivity contribution in [3.05, 3.63) is 23.8 Å². The molecule has 0 bridgehead atoms. The summed E-state index contributed by atoms with van der Waals surface area (Å²) in [6.07, 6.45) is 4.88. The molecule has 0 amide bonds. The molecule has 0 saturated carbocycles. The molecule has 40 heavy (non-hydrogen) atoms. The minimum absolute atomic E-state index is 0.0781. The van der Waals surface area contributed by atoms with Gasteiger partial charge in [-0.3, -0.25) is 14.4 Å². The van der Waals surface area contributed by atoms with Crippen molar-refractivity contribution in [3.8, 4) is 11.5 Å². The molecule has 226 valence electrons. The summed E-state index contributed by atoms with van der Waals surface area (Å²) in [5.41, 5.74) is 6.65. The molecule has 0 unspecified atom stereocenters. The van der Waals surface area contributed by atoms with Crippen LogP contribution in [0.5, 0.6) is 11.5 Å². The number of nitrogens with two attached hydrogens (primary N) is 1. The second-order valence-corrected chi connectivity index (χ2v) is 10.3. The molecular formula is C30H47NO9. The summed E-state index contributed by atoms with van der Waals surface area (Å²) in [5.74, 6) is -0.907. The van der Waals surface area contributed by atoms with E-state index in [1.807, 2.05) is 27.7 Å². The standard InChI is InChI=1S/C30H47NO9/c1-6-8-10-12-27(32)39-25-15-14-23(19-26(25)40-28(33)13-11-9-7-2)18-24(31)29(34)38-22(5)20-37-30(35)36-17-16-21(3)4/h14-15,19,21-22,24H,6-13,16-18,20,31H2,1-5H3/t22-,24-/m0/s1. The van der Waals surface area contributed by atoms with Crippen LogP contribution < -0.4 is 15.2 Å². The quantitative estimate of drug-likeness (QED) is 0.127. The summed E-state index contributed by atoms with van der Waals surface area (Å²) in [7, 11) is 0. The van der Waals surface area contributed by atoms with Crippen molar-refractivity contribution in [1.29, 1.82) is 0 Å². The lowest BCUT2D eigenvalue weighted by atomic mass is 10.1. The van der Waals surface area contributed by atoms with Crippen molar-refractivity contribution in [1.82, 2.24) is 0 Å². The minimum atomic E-state index is -1.03. The third-order valence-corrected chi connectivity index (χ3v) is 5.85. The fourth-order valence-electron chi connectivity index (χ4n) is 3.49. The van der Waals surface area contributed by atoms with Gasteiger partial charge in [-0.15, -0.1) is 0 Å². The summed E-state index contributed by atoms with van der Waals surface area (Å²) in [4.78, 5) is 48.8. The molecule has 0 spiro atoms. The van der Waals surface area contributed by atoms with E-state index in [-0.39, 0.29) is 44.0 Å². The highest BCUT2D eigenvalue weighted by Crippen LogP contribution is 2.30. The summed E-state index contributed by atoms with van der Waals surface area (Å²) >= 11 is 0. The molecule has 0 aromatic heterocycles. The smallest absolute Gasteiger partial charge is 0.458 e. The van der Waals surface area contributed by atoms with E-state index < -0.39 is 36.2 Å². The molecule has 2 atom stereocenters. The number of hydrogen-bond donors (Lipinski definition) is 1. The van der Waals surface area contributed by atoms with Crippen LogP contribution in [0.1, 0.15) is 98.0 Å². The molecule has 1 aromatic rings. The van der Waals surface area contributed by atoms with Crippen molar-refractivity contribution in [2.24, 2.45) is 11.7 Å². The van der Waals surface area contributed by atoms with Crippen LogP contribution in [-0.4, -0.2) is 49.4 Å². The lowest BCUT2D eigenvalue weighted by Gasteiger charge is -2.18. The summed E-state index contributed by atoms with van der Waals surface area (Å²) < 4.78 is 26.2. The summed E-state index contributed by atoms with van der Waals surface area (Å²) in [6.45, 7) is 9.76. The molecule has 1 rings (SSSR count). The summed E-state index contributed by atoms with van der Waals surface area (Å²) in [5, 5.41) is 0. The first-order chi connectivity index (χ1) is 19.0. The van der Waals surface area contributed by atoms with Gasteiger partial charge in [0.2, 0.25) is 0 Å². The topological polar surface area (TPSA) is 140 Å². The second-order valence-electron chi connectivity index (χ2n) is 10.3. The van der Waals surface area contributed by atoms with E-state index in [1.165, 1.54) is 6.07 Å². The fourth-order valence-corrected chi connectivity index (χ4v) is 3.49. The number of unbranched alkanes of at least 4 members (excludes halogenated alkanes) is 4. The first-order valence-electron chi connectivity index (χ1n) is 14.4. The highest BCUT2D eigenvalue weighted by Gasteiger charge is 2.22. The van der Waals surface area contributed by atoms with Crippen molar-refractivity contribution >= 4 is 24.1 Å². The van der Waals surface area contributed by atoms with Crippen LogP contribution in [0.15, 0.2) is 18.2 Å². The molecule has 0 saturated heterocycles. The van der Waals surface area contributed by atoms with E-state index in [9.17, 15) is 19.2 Å². The van der Waals surface area contributed by atoms with E-state index >= 15 is 0 Å². The van der Waals surface area contributed by atoms with Gasteiger partial charge in [-0.2, -0.15) is 0 Å². The molecule has 10 heteroatoms. The minimum Gasteiger partial charge on any atom is -0.458 e. The first kappa shape index (κ1) is 34.9. The van der Waals surface area contributed by atoms with Crippen LogP contribution in [0.3, 0.4) is 0 Å². The highest BCUT2D eigenvalue weighted by atomic mass is 16.7. The number of benzene rings is 1. The number of esters is 3. The van der Waals surface area contributed by atoms with Gasteiger partial charge in [0.15, 0.2) is 11.5 Å². The third-order valence-electron chi connectivity index (χ3n) is 5.85. The van der Waals surface area contributed by atoms with Gasteiger partial charge >= 0.3 is 24.1 Å². The molecule has 2 N–H and O–H groups in total. The van der Waals surface area contributed by atoms with Gasteiger partial charge in [-0.1, -0.05) is 59.4 Å². The number of carbonyl (C=O) groups is 4. The molecule has 0 aliphatic carbocycles. The Balaban J connectivity index is 2.76. The Morgan fingerprint density at radius 2 is 1.43 bits per heavy atom. The Morgan fingerprint density at radius 1 is 0.825 bits per heavy atom. The second kappa shape index (κ2) is 19.8. The number of carbonyl (C=O) groups excluding carboxylic acids is 4. The predicted molar refractivity (Wildman–Crippen MR) is 150 cm³/mol. The summed E-state index contributed by atoms with van der Waals surface area (Å²) in [6, 6.07) is 3.69. The molecule has 0 aliphatic heterocycles. The van der Waals surface area contributed by atoms with E-state index in [2.05, 4.69) is 0 Å². The maximum absolute atomic E-state index is 12.5.